The first-order valence-corrected chi connectivity index (χ1v) is 10.2. The molecular formula is C24H13N3S. The van der Waals surface area contributed by atoms with Crippen molar-refractivity contribution in [3.8, 4) is 11.1 Å². The van der Waals surface area contributed by atoms with Crippen molar-refractivity contribution in [2.75, 3.05) is 0 Å². The number of pyridine rings is 3. The molecule has 1 aliphatic rings. The normalized spacial score (nSPS) is 12.9. The van der Waals surface area contributed by atoms with Crippen LogP contribution in [0.3, 0.4) is 0 Å². The van der Waals surface area contributed by atoms with Crippen LogP contribution in [0.25, 0.3) is 53.9 Å². The Labute approximate surface area is 164 Å². The molecule has 0 saturated carbocycles. The number of aromatic nitrogens is 3. The Morgan fingerprint density at radius 2 is 1.54 bits per heavy atom. The Kier molecular flexibility index (Phi) is 2.68. The lowest BCUT2D eigenvalue weighted by Gasteiger charge is -2.18. The largest absolute Gasteiger partial charge is 0.255 e. The van der Waals surface area contributed by atoms with Gasteiger partial charge in [0.05, 0.1) is 22.2 Å². The standard InChI is InChI=1S/C24H13N3S/c1-4-13-10-19-16(18-12-28-20(7-1)21(13)18)11-17-23-14(5-2-9-26-23)22-15(24(17)27-19)6-3-8-25-22/h1-9,11-12H,10H2. The summed E-state index contributed by atoms with van der Waals surface area (Å²) in [6, 6.07) is 17.1. The average Bonchev–Trinajstić information content (AvgIpc) is 3.19. The molecule has 0 bridgehead atoms. The first-order valence-electron chi connectivity index (χ1n) is 9.33. The van der Waals surface area contributed by atoms with Crippen molar-refractivity contribution in [3.63, 3.8) is 0 Å². The highest BCUT2D eigenvalue weighted by atomic mass is 32.1. The van der Waals surface area contributed by atoms with Gasteiger partial charge in [0.25, 0.3) is 0 Å². The van der Waals surface area contributed by atoms with Crippen LogP contribution in [-0.2, 0) is 6.42 Å². The van der Waals surface area contributed by atoms with Crippen LogP contribution in [0.15, 0.2) is 66.3 Å². The van der Waals surface area contributed by atoms with Crippen LogP contribution in [0, 0.1) is 0 Å². The molecule has 0 fully saturated rings. The molecule has 130 valence electrons. The van der Waals surface area contributed by atoms with E-state index in [2.05, 4.69) is 46.8 Å². The van der Waals surface area contributed by atoms with Gasteiger partial charge < -0.3 is 0 Å². The molecule has 28 heavy (non-hydrogen) atoms. The highest BCUT2D eigenvalue weighted by Crippen LogP contribution is 2.44. The van der Waals surface area contributed by atoms with E-state index in [-0.39, 0.29) is 0 Å². The molecule has 2 aromatic carbocycles. The number of hydrogen-bond donors (Lipinski definition) is 0. The highest BCUT2D eigenvalue weighted by molar-refractivity contribution is 7.17. The van der Waals surface area contributed by atoms with Gasteiger partial charge in [-0.15, -0.1) is 11.3 Å². The lowest BCUT2D eigenvalue weighted by atomic mass is 9.88. The maximum atomic E-state index is 5.18. The van der Waals surface area contributed by atoms with E-state index in [4.69, 9.17) is 9.97 Å². The predicted molar refractivity (Wildman–Crippen MR) is 116 cm³/mol. The fourth-order valence-electron chi connectivity index (χ4n) is 4.61. The molecule has 3 nitrogen and oxygen atoms in total. The van der Waals surface area contributed by atoms with Gasteiger partial charge in [0.1, 0.15) is 0 Å². The molecular weight excluding hydrogens is 362 g/mol. The lowest BCUT2D eigenvalue weighted by molar-refractivity contribution is 1.11. The van der Waals surface area contributed by atoms with Gasteiger partial charge in [-0.25, -0.2) is 0 Å². The van der Waals surface area contributed by atoms with E-state index in [1.165, 1.54) is 26.8 Å². The minimum absolute atomic E-state index is 0.869. The van der Waals surface area contributed by atoms with Crippen LogP contribution >= 0.6 is 11.3 Å². The van der Waals surface area contributed by atoms with Gasteiger partial charge in [-0.05, 0) is 47.3 Å². The van der Waals surface area contributed by atoms with Gasteiger partial charge in [0.15, 0.2) is 0 Å². The van der Waals surface area contributed by atoms with Crippen LogP contribution in [0.5, 0.6) is 0 Å². The summed E-state index contributed by atoms with van der Waals surface area (Å²) in [7, 11) is 0. The van der Waals surface area contributed by atoms with E-state index < -0.39 is 0 Å². The molecule has 0 N–H and O–H groups in total. The van der Waals surface area contributed by atoms with E-state index in [1.807, 2.05) is 35.9 Å². The van der Waals surface area contributed by atoms with Crippen molar-refractivity contribution < 1.29 is 0 Å². The van der Waals surface area contributed by atoms with Crippen molar-refractivity contribution in [2.45, 2.75) is 6.42 Å². The van der Waals surface area contributed by atoms with Gasteiger partial charge in [-0.2, -0.15) is 0 Å². The average molecular weight is 375 g/mol. The third kappa shape index (κ3) is 1.76. The Bertz CT molecular complexity index is 1600. The van der Waals surface area contributed by atoms with Crippen molar-refractivity contribution in [2.24, 2.45) is 0 Å². The second-order valence-corrected chi connectivity index (χ2v) is 8.21. The van der Waals surface area contributed by atoms with Crippen LogP contribution in [-0.4, -0.2) is 15.0 Å². The molecule has 0 spiro atoms. The number of nitrogens with zero attached hydrogens (tertiary/aromatic N) is 3. The third-order valence-corrected chi connectivity index (χ3v) is 6.76. The summed E-state index contributed by atoms with van der Waals surface area (Å²) >= 11 is 1.81. The molecule has 4 heterocycles. The number of hydrogen-bond acceptors (Lipinski definition) is 4. The Morgan fingerprint density at radius 1 is 0.750 bits per heavy atom. The Hall–Kier alpha value is -3.37. The quantitative estimate of drug-likeness (QED) is 0.300. The van der Waals surface area contributed by atoms with Gasteiger partial charge in [0, 0.05) is 56.2 Å². The predicted octanol–water partition coefficient (Wildman–Crippen LogP) is 6.12. The second-order valence-electron chi connectivity index (χ2n) is 7.29. The van der Waals surface area contributed by atoms with Gasteiger partial charge in [-0.3, -0.25) is 15.0 Å². The SMILES string of the molecule is c1cc2c3c(csc3c1)-c1cc3c4ncccc4c4ncccc4c3nc1C2. The van der Waals surface area contributed by atoms with Gasteiger partial charge in [0.2, 0.25) is 0 Å². The van der Waals surface area contributed by atoms with Crippen molar-refractivity contribution in [1.82, 2.24) is 15.0 Å². The van der Waals surface area contributed by atoms with Crippen molar-refractivity contribution in [1.29, 1.82) is 0 Å². The van der Waals surface area contributed by atoms with E-state index in [1.54, 1.807) is 0 Å². The maximum absolute atomic E-state index is 5.18. The first kappa shape index (κ1) is 14.7. The van der Waals surface area contributed by atoms with Crippen molar-refractivity contribution in [3.05, 3.63) is 77.6 Å². The summed E-state index contributed by atoms with van der Waals surface area (Å²) in [6.07, 6.45) is 4.57. The minimum Gasteiger partial charge on any atom is -0.255 e. The van der Waals surface area contributed by atoms with E-state index in [0.29, 0.717) is 0 Å². The Balaban J connectivity index is 1.71. The molecule has 0 amide bonds. The minimum atomic E-state index is 0.869. The van der Waals surface area contributed by atoms with E-state index in [0.717, 1.165) is 44.8 Å². The highest BCUT2D eigenvalue weighted by Gasteiger charge is 2.23. The summed E-state index contributed by atoms with van der Waals surface area (Å²) in [6.45, 7) is 0. The van der Waals surface area contributed by atoms with Gasteiger partial charge >= 0.3 is 0 Å². The Morgan fingerprint density at radius 3 is 2.39 bits per heavy atom. The zero-order chi connectivity index (χ0) is 18.2. The molecule has 0 radical (unpaired) electrons. The summed E-state index contributed by atoms with van der Waals surface area (Å²) in [5.74, 6) is 0. The molecule has 0 unspecified atom stereocenters. The van der Waals surface area contributed by atoms with Crippen molar-refractivity contribution >= 4 is 54.1 Å². The summed E-state index contributed by atoms with van der Waals surface area (Å²) in [5, 5.41) is 6.95. The fourth-order valence-corrected chi connectivity index (χ4v) is 5.62. The molecule has 1 aliphatic carbocycles. The van der Waals surface area contributed by atoms with Crippen LogP contribution < -0.4 is 0 Å². The zero-order valence-corrected chi connectivity index (χ0v) is 15.6. The zero-order valence-electron chi connectivity index (χ0n) is 14.8. The van der Waals surface area contributed by atoms with E-state index >= 15 is 0 Å². The third-order valence-electron chi connectivity index (χ3n) is 5.82. The molecule has 6 aromatic rings. The van der Waals surface area contributed by atoms with Crippen LogP contribution in [0.4, 0.5) is 0 Å². The number of benzene rings is 2. The second kappa shape index (κ2) is 5.12. The molecule has 4 heteroatoms. The molecule has 4 aromatic heterocycles. The van der Waals surface area contributed by atoms with Gasteiger partial charge in [-0.1, -0.05) is 12.1 Å². The molecule has 0 saturated heterocycles. The topological polar surface area (TPSA) is 38.7 Å². The summed E-state index contributed by atoms with van der Waals surface area (Å²) in [4.78, 5) is 14.5. The molecule has 0 atom stereocenters. The smallest absolute Gasteiger partial charge is 0.0822 e. The lowest BCUT2D eigenvalue weighted by Crippen LogP contribution is -2.03. The number of thiophene rings is 1. The first-order chi connectivity index (χ1) is 13.9. The maximum Gasteiger partial charge on any atom is 0.0822 e. The molecule has 0 aliphatic heterocycles. The number of fused-ring (bicyclic) bond motifs is 8. The monoisotopic (exact) mass is 375 g/mol. The summed E-state index contributed by atoms with van der Waals surface area (Å²) < 4.78 is 1.35. The van der Waals surface area contributed by atoms with E-state index in [9.17, 15) is 0 Å². The van der Waals surface area contributed by atoms with Crippen LogP contribution in [0.1, 0.15) is 11.3 Å². The number of rotatable bonds is 0. The van der Waals surface area contributed by atoms with Crippen LogP contribution in [0.2, 0.25) is 0 Å². The summed E-state index contributed by atoms with van der Waals surface area (Å²) in [5.41, 5.74) is 8.01. The fraction of sp³-hybridized carbons (Fsp3) is 0.0417. The molecule has 7 rings (SSSR count).